The Balaban J connectivity index is 2.62. The van der Waals surface area contributed by atoms with Crippen molar-refractivity contribution < 1.29 is 40.2 Å². The van der Waals surface area contributed by atoms with Crippen molar-refractivity contribution in [3.63, 3.8) is 0 Å². The van der Waals surface area contributed by atoms with E-state index in [-0.39, 0.29) is 44.4 Å². The maximum absolute atomic E-state index is 14.3. The second kappa shape index (κ2) is 7.28. The molecule has 1 heterocycles. The first-order valence-corrected chi connectivity index (χ1v) is 7.59. The van der Waals surface area contributed by atoms with E-state index in [0.29, 0.717) is 0 Å². The third-order valence-corrected chi connectivity index (χ3v) is 4.05. The Labute approximate surface area is 143 Å². The van der Waals surface area contributed by atoms with Gasteiger partial charge in [-0.25, -0.2) is 8.78 Å². The van der Waals surface area contributed by atoms with Gasteiger partial charge in [-0.2, -0.15) is 26.3 Å². The summed E-state index contributed by atoms with van der Waals surface area (Å²) in [6.45, 7) is -1.26. The zero-order valence-electron chi connectivity index (χ0n) is 13.3. The molecule has 0 aliphatic carbocycles. The van der Waals surface area contributed by atoms with Crippen molar-refractivity contribution in [2.75, 3.05) is 32.8 Å². The number of benzene rings is 1. The largest absolute Gasteiger partial charge is 0.416 e. The van der Waals surface area contributed by atoms with Gasteiger partial charge in [0.1, 0.15) is 12.6 Å². The van der Waals surface area contributed by atoms with Crippen LogP contribution in [0.15, 0.2) is 18.2 Å². The predicted octanol–water partition coefficient (Wildman–Crippen LogP) is 3.30. The Hall–Kier alpha value is -1.46. The monoisotopic (exact) mass is 392 g/mol. The van der Waals surface area contributed by atoms with Crippen LogP contribution in [0, 0.1) is 0 Å². The van der Waals surface area contributed by atoms with Crippen LogP contribution in [-0.4, -0.2) is 48.7 Å². The van der Waals surface area contributed by atoms with Crippen molar-refractivity contribution in [3.8, 4) is 0 Å². The van der Waals surface area contributed by atoms with Gasteiger partial charge in [-0.05, 0) is 23.8 Å². The summed E-state index contributed by atoms with van der Waals surface area (Å²) in [7, 11) is 0. The van der Waals surface area contributed by atoms with E-state index in [1.165, 1.54) is 0 Å². The van der Waals surface area contributed by atoms with Crippen LogP contribution in [0.3, 0.4) is 0 Å². The SMILES string of the molecule is OCC(F)(F)[C@H](c1cc(C(F)(F)F)cc(C(F)(F)F)c1)N1CCNCC1. The van der Waals surface area contributed by atoms with Crippen LogP contribution >= 0.6 is 0 Å². The lowest BCUT2D eigenvalue weighted by Crippen LogP contribution is -2.51. The molecule has 1 atom stereocenters. The maximum Gasteiger partial charge on any atom is 0.416 e. The highest BCUT2D eigenvalue weighted by Gasteiger charge is 2.46. The van der Waals surface area contributed by atoms with Crippen LogP contribution in [0.5, 0.6) is 0 Å². The van der Waals surface area contributed by atoms with Gasteiger partial charge in [-0.1, -0.05) is 0 Å². The van der Waals surface area contributed by atoms with Gasteiger partial charge in [0, 0.05) is 26.2 Å². The lowest BCUT2D eigenvalue weighted by Gasteiger charge is -2.39. The minimum Gasteiger partial charge on any atom is -0.390 e. The van der Waals surface area contributed by atoms with Gasteiger partial charge in [0.05, 0.1) is 11.1 Å². The summed E-state index contributed by atoms with van der Waals surface area (Å²) in [4.78, 5) is 1.07. The zero-order valence-corrected chi connectivity index (χ0v) is 13.3. The Morgan fingerprint density at radius 2 is 1.35 bits per heavy atom. The fourth-order valence-corrected chi connectivity index (χ4v) is 2.89. The molecule has 2 N–H and O–H groups in total. The summed E-state index contributed by atoms with van der Waals surface area (Å²) in [5.74, 6) is -3.93. The number of nitrogens with zero attached hydrogens (tertiary/aromatic N) is 1. The molecule has 148 valence electrons. The molecular weight excluding hydrogens is 376 g/mol. The minimum atomic E-state index is -5.14. The molecule has 1 aromatic carbocycles. The van der Waals surface area contributed by atoms with E-state index >= 15 is 0 Å². The highest BCUT2D eigenvalue weighted by molar-refractivity contribution is 5.36. The van der Waals surface area contributed by atoms with E-state index in [1.54, 1.807) is 0 Å². The summed E-state index contributed by atoms with van der Waals surface area (Å²) < 4.78 is 106. The van der Waals surface area contributed by atoms with Gasteiger partial charge in [-0.15, -0.1) is 0 Å². The Morgan fingerprint density at radius 1 is 0.885 bits per heavy atom. The smallest absolute Gasteiger partial charge is 0.390 e. The molecule has 1 aliphatic rings. The van der Waals surface area contributed by atoms with Gasteiger partial charge >= 0.3 is 12.4 Å². The Kier molecular flexibility index (Phi) is 5.83. The summed E-state index contributed by atoms with van der Waals surface area (Å²) in [6, 6.07) is -1.66. The minimum absolute atomic E-state index is 0.0160. The molecule has 0 bridgehead atoms. The van der Waals surface area contributed by atoms with Gasteiger partial charge in [0.2, 0.25) is 0 Å². The molecule has 0 saturated carbocycles. The summed E-state index contributed by atoms with van der Waals surface area (Å²) >= 11 is 0. The zero-order chi connectivity index (χ0) is 19.8. The van der Waals surface area contributed by atoms with Crippen LogP contribution < -0.4 is 5.32 Å². The molecule has 0 spiro atoms. The highest BCUT2D eigenvalue weighted by atomic mass is 19.4. The molecular formula is C15H16F8N2O. The standard InChI is InChI=1S/C15H16F8N2O/c16-13(17,8-26)12(25-3-1-24-2-4-25)9-5-10(14(18,19)20)7-11(6-9)15(21,22)23/h5-7,12,24,26H,1-4,8H2/t12-/m0/s1. The topological polar surface area (TPSA) is 35.5 Å². The first-order valence-electron chi connectivity index (χ1n) is 7.59. The van der Waals surface area contributed by atoms with Crippen molar-refractivity contribution >= 4 is 0 Å². The fraction of sp³-hybridized carbons (Fsp3) is 0.600. The maximum atomic E-state index is 14.3. The van der Waals surface area contributed by atoms with E-state index in [4.69, 9.17) is 5.11 Å². The molecule has 3 nitrogen and oxygen atoms in total. The molecule has 1 fully saturated rings. The molecule has 1 saturated heterocycles. The summed E-state index contributed by atoms with van der Waals surface area (Å²) in [5, 5.41) is 11.8. The third kappa shape index (κ3) is 4.63. The van der Waals surface area contributed by atoms with Crippen molar-refractivity contribution in [2.24, 2.45) is 0 Å². The van der Waals surface area contributed by atoms with Crippen molar-refractivity contribution in [3.05, 3.63) is 34.9 Å². The molecule has 26 heavy (non-hydrogen) atoms. The number of aliphatic hydroxyl groups excluding tert-OH is 1. The van der Waals surface area contributed by atoms with Crippen LogP contribution in [0.25, 0.3) is 0 Å². The number of piperazine rings is 1. The average Bonchev–Trinajstić information content (AvgIpc) is 2.54. The first kappa shape index (κ1) is 20.8. The number of rotatable bonds is 4. The van der Waals surface area contributed by atoms with Crippen molar-refractivity contribution in [1.29, 1.82) is 0 Å². The quantitative estimate of drug-likeness (QED) is 0.772. The lowest BCUT2D eigenvalue weighted by molar-refractivity contribution is -0.144. The lowest BCUT2D eigenvalue weighted by atomic mass is 9.94. The molecule has 0 amide bonds. The van der Waals surface area contributed by atoms with Gasteiger partial charge in [0.25, 0.3) is 5.92 Å². The van der Waals surface area contributed by atoms with Crippen LogP contribution in [0.2, 0.25) is 0 Å². The van der Waals surface area contributed by atoms with Crippen molar-refractivity contribution in [1.82, 2.24) is 10.2 Å². The molecule has 11 heteroatoms. The van der Waals surface area contributed by atoms with E-state index < -0.39 is 47.6 Å². The van der Waals surface area contributed by atoms with E-state index in [1.807, 2.05) is 0 Å². The van der Waals surface area contributed by atoms with Crippen LogP contribution in [0.4, 0.5) is 35.1 Å². The number of nitrogens with one attached hydrogen (secondary N) is 1. The molecule has 1 aliphatic heterocycles. The van der Waals surface area contributed by atoms with Gasteiger partial charge in [0.15, 0.2) is 0 Å². The average molecular weight is 392 g/mol. The molecule has 1 aromatic rings. The molecule has 0 aromatic heterocycles. The van der Waals surface area contributed by atoms with E-state index in [9.17, 15) is 35.1 Å². The predicted molar refractivity (Wildman–Crippen MR) is 75.7 cm³/mol. The third-order valence-electron chi connectivity index (χ3n) is 4.05. The first-order chi connectivity index (χ1) is 11.9. The number of aliphatic hydroxyl groups is 1. The number of hydrogen-bond acceptors (Lipinski definition) is 3. The second-order valence-corrected chi connectivity index (χ2v) is 5.95. The van der Waals surface area contributed by atoms with Crippen LogP contribution in [-0.2, 0) is 12.4 Å². The second-order valence-electron chi connectivity index (χ2n) is 5.95. The fourth-order valence-electron chi connectivity index (χ4n) is 2.89. The number of halogens is 8. The highest BCUT2D eigenvalue weighted by Crippen LogP contribution is 2.42. The van der Waals surface area contributed by atoms with Crippen molar-refractivity contribution in [2.45, 2.75) is 24.3 Å². The number of hydrogen-bond donors (Lipinski definition) is 2. The summed E-state index contributed by atoms with van der Waals surface area (Å²) in [6.07, 6.45) is -10.3. The summed E-state index contributed by atoms with van der Waals surface area (Å²) in [5.41, 5.74) is -4.18. The van der Waals surface area contributed by atoms with Gasteiger partial charge in [-0.3, -0.25) is 4.90 Å². The van der Waals surface area contributed by atoms with E-state index in [2.05, 4.69) is 5.32 Å². The van der Waals surface area contributed by atoms with Crippen LogP contribution in [0.1, 0.15) is 22.7 Å². The molecule has 2 rings (SSSR count). The Bertz CT molecular complexity index is 591. The Morgan fingerprint density at radius 3 is 1.73 bits per heavy atom. The number of alkyl halides is 8. The molecule has 0 radical (unpaired) electrons. The van der Waals surface area contributed by atoms with E-state index in [0.717, 1.165) is 4.90 Å². The molecule has 0 unspecified atom stereocenters. The normalized spacial score (nSPS) is 18.8. The van der Waals surface area contributed by atoms with Gasteiger partial charge < -0.3 is 10.4 Å².